The van der Waals surface area contributed by atoms with Gasteiger partial charge in [-0.15, -0.1) is 0 Å². The predicted octanol–water partition coefficient (Wildman–Crippen LogP) is 2.73. The molecule has 2 heterocycles. The number of para-hydroxylation sites is 1. The monoisotopic (exact) mass is 405 g/mol. The molecule has 1 unspecified atom stereocenters. The van der Waals surface area contributed by atoms with E-state index in [1.54, 1.807) is 0 Å². The smallest absolute Gasteiger partial charge is 0.271 e. The van der Waals surface area contributed by atoms with Crippen molar-refractivity contribution in [2.75, 3.05) is 23.4 Å². The zero-order valence-electron chi connectivity index (χ0n) is 17.0. The normalized spacial score (nSPS) is 19.4. The fourth-order valence-corrected chi connectivity index (χ4v) is 4.01. The van der Waals surface area contributed by atoms with Crippen molar-refractivity contribution in [2.45, 2.75) is 38.3 Å². The Bertz CT molecular complexity index is 938. The van der Waals surface area contributed by atoms with Gasteiger partial charge in [-0.05, 0) is 55.8 Å². The molecule has 2 aliphatic rings. The number of amides is 2. The van der Waals surface area contributed by atoms with Crippen molar-refractivity contribution in [3.8, 4) is 0 Å². The van der Waals surface area contributed by atoms with Crippen molar-refractivity contribution in [1.82, 2.24) is 4.90 Å². The van der Waals surface area contributed by atoms with Crippen LogP contribution in [0, 0.1) is 0 Å². The van der Waals surface area contributed by atoms with Crippen LogP contribution >= 0.6 is 0 Å². The van der Waals surface area contributed by atoms with E-state index in [1.807, 2.05) is 48.5 Å². The number of hydrogen-bond acceptors (Lipinski definition) is 5. The van der Waals surface area contributed by atoms with Crippen molar-refractivity contribution in [2.24, 2.45) is 10.8 Å². The summed E-state index contributed by atoms with van der Waals surface area (Å²) in [4.78, 5) is 27.2. The molecule has 2 aliphatic heterocycles. The van der Waals surface area contributed by atoms with E-state index in [9.17, 15) is 9.59 Å². The molecule has 3 N–H and O–H groups in total. The molecule has 1 saturated heterocycles. The first-order chi connectivity index (χ1) is 14.6. The van der Waals surface area contributed by atoms with E-state index in [0.29, 0.717) is 5.71 Å². The number of nitrogens with zero attached hydrogens (tertiary/aromatic N) is 3. The van der Waals surface area contributed by atoms with Gasteiger partial charge in [-0.2, -0.15) is 5.10 Å². The molecule has 30 heavy (non-hydrogen) atoms. The molecule has 0 aliphatic carbocycles. The summed E-state index contributed by atoms with van der Waals surface area (Å²) < 4.78 is 0. The molecule has 0 spiro atoms. The summed E-state index contributed by atoms with van der Waals surface area (Å²) in [6, 6.07) is 16.5. The number of primary amides is 1. The van der Waals surface area contributed by atoms with E-state index < -0.39 is 11.9 Å². The highest BCUT2D eigenvalue weighted by Crippen LogP contribution is 2.25. The Morgan fingerprint density at radius 2 is 1.80 bits per heavy atom. The molecule has 0 saturated carbocycles. The maximum Gasteiger partial charge on any atom is 0.271 e. The van der Waals surface area contributed by atoms with Crippen LogP contribution in [0.15, 0.2) is 59.7 Å². The Balaban J connectivity index is 1.45. The minimum Gasteiger partial charge on any atom is -0.368 e. The second kappa shape index (κ2) is 9.09. The van der Waals surface area contributed by atoms with Crippen molar-refractivity contribution < 1.29 is 9.59 Å². The first-order valence-electron chi connectivity index (χ1n) is 10.4. The molecule has 1 fully saturated rings. The zero-order chi connectivity index (χ0) is 20.9. The minimum absolute atomic E-state index is 0.184. The molecule has 2 aromatic rings. The molecular weight excluding hydrogens is 378 g/mol. The van der Waals surface area contributed by atoms with Crippen LogP contribution in [-0.2, 0) is 16.1 Å². The molecule has 2 aromatic carbocycles. The number of nitrogens with one attached hydrogen (secondary N) is 1. The number of carbonyl (C=O) groups is 2. The lowest BCUT2D eigenvalue weighted by Gasteiger charge is -2.26. The number of rotatable bonds is 6. The molecule has 0 radical (unpaired) electrons. The maximum absolute atomic E-state index is 12.8. The van der Waals surface area contributed by atoms with Gasteiger partial charge in [-0.1, -0.05) is 36.8 Å². The number of likely N-dealkylation sites (tertiary alicyclic amines) is 1. The van der Waals surface area contributed by atoms with Crippen LogP contribution < -0.4 is 16.1 Å². The molecule has 4 rings (SSSR count). The van der Waals surface area contributed by atoms with Gasteiger partial charge in [0.15, 0.2) is 0 Å². The van der Waals surface area contributed by atoms with Gasteiger partial charge in [-0.25, -0.2) is 0 Å². The second-order valence-electron chi connectivity index (χ2n) is 7.84. The molecule has 1 atom stereocenters. The number of piperidine rings is 1. The van der Waals surface area contributed by atoms with Crippen LogP contribution in [0.5, 0.6) is 0 Å². The fraction of sp³-hybridized carbons (Fsp3) is 0.348. The minimum atomic E-state index is -0.668. The van der Waals surface area contributed by atoms with Gasteiger partial charge in [0.05, 0.1) is 5.69 Å². The van der Waals surface area contributed by atoms with Crippen LogP contribution in [0.1, 0.15) is 31.2 Å². The molecule has 2 amide bonds. The highest BCUT2D eigenvalue weighted by Gasteiger charge is 2.34. The van der Waals surface area contributed by atoms with Gasteiger partial charge in [0.2, 0.25) is 5.91 Å². The van der Waals surface area contributed by atoms with Crippen molar-refractivity contribution in [1.29, 1.82) is 0 Å². The van der Waals surface area contributed by atoms with Crippen molar-refractivity contribution >= 4 is 28.9 Å². The van der Waals surface area contributed by atoms with Gasteiger partial charge in [-0.3, -0.25) is 19.5 Å². The predicted molar refractivity (Wildman–Crippen MR) is 118 cm³/mol. The van der Waals surface area contributed by atoms with Crippen LogP contribution in [0.25, 0.3) is 0 Å². The summed E-state index contributed by atoms with van der Waals surface area (Å²) in [5.74, 6) is -0.816. The highest BCUT2D eigenvalue weighted by atomic mass is 16.2. The SMILES string of the molecule is NC(=O)C1CC(C(=O)Nc2cccc(CN3CCCCC3)c2)=NN1c1ccccc1. The zero-order valence-corrected chi connectivity index (χ0v) is 17.0. The Kier molecular flexibility index (Phi) is 6.09. The van der Waals surface area contributed by atoms with E-state index >= 15 is 0 Å². The van der Waals surface area contributed by atoms with Crippen LogP contribution in [0.4, 0.5) is 11.4 Å². The first-order valence-corrected chi connectivity index (χ1v) is 10.4. The Morgan fingerprint density at radius 3 is 2.53 bits per heavy atom. The van der Waals surface area contributed by atoms with Crippen molar-refractivity contribution in [3.63, 3.8) is 0 Å². The lowest BCUT2D eigenvalue weighted by atomic mass is 10.1. The lowest BCUT2D eigenvalue weighted by molar-refractivity contribution is -0.119. The van der Waals surface area contributed by atoms with E-state index in [0.717, 1.165) is 31.0 Å². The van der Waals surface area contributed by atoms with Gasteiger partial charge < -0.3 is 11.1 Å². The topological polar surface area (TPSA) is 91.0 Å². The quantitative estimate of drug-likeness (QED) is 0.773. The average Bonchev–Trinajstić information content (AvgIpc) is 3.22. The summed E-state index contributed by atoms with van der Waals surface area (Å²) in [6.45, 7) is 3.13. The third kappa shape index (κ3) is 4.68. The maximum atomic E-state index is 12.8. The van der Waals surface area contributed by atoms with Crippen LogP contribution in [0.2, 0.25) is 0 Å². The highest BCUT2D eigenvalue weighted by molar-refractivity contribution is 6.44. The number of benzene rings is 2. The first kappa shape index (κ1) is 20.1. The molecule has 156 valence electrons. The summed E-state index contributed by atoms with van der Waals surface area (Å²) in [7, 11) is 0. The summed E-state index contributed by atoms with van der Waals surface area (Å²) in [5.41, 5.74) is 8.48. The van der Waals surface area contributed by atoms with Crippen LogP contribution in [-0.4, -0.2) is 41.6 Å². The number of anilines is 2. The summed E-state index contributed by atoms with van der Waals surface area (Å²) >= 11 is 0. The number of hydrazone groups is 1. The third-order valence-corrected chi connectivity index (χ3v) is 5.56. The van der Waals surface area contributed by atoms with Gasteiger partial charge in [0.1, 0.15) is 11.8 Å². The Hall–Kier alpha value is -3.19. The van der Waals surface area contributed by atoms with E-state index in [1.165, 1.54) is 29.8 Å². The number of hydrogen-bond donors (Lipinski definition) is 2. The molecular formula is C23H27N5O2. The summed E-state index contributed by atoms with van der Waals surface area (Å²) in [6.07, 6.45) is 3.98. The van der Waals surface area contributed by atoms with Gasteiger partial charge >= 0.3 is 0 Å². The molecule has 0 aromatic heterocycles. The van der Waals surface area contributed by atoms with Gasteiger partial charge in [0.25, 0.3) is 5.91 Å². The fourth-order valence-electron chi connectivity index (χ4n) is 4.01. The standard InChI is InChI=1S/C23H27N5O2/c24-22(29)21-15-20(26-28(21)19-10-3-1-4-11-19)23(30)25-18-9-7-8-17(14-18)16-27-12-5-2-6-13-27/h1,3-4,7-11,14,21H,2,5-6,12-13,15-16H2,(H2,24,29)(H,25,30). The molecule has 0 bridgehead atoms. The number of carbonyl (C=O) groups excluding carboxylic acids is 2. The van der Waals surface area contributed by atoms with E-state index in [-0.39, 0.29) is 12.3 Å². The van der Waals surface area contributed by atoms with Crippen LogP contribution in [0.3, 0.4) is 0 Å². The van der Waals surface area contributed by atoms with Crippen molar-refractivity contribution in [3.05, 3.63) is 60.2 Å². The number of nitrogens with two attached hydrogens (primary N) is 1. The lowest BCUT2D eigenvalue weighted by Crippen LogP contribution is -2.39. The largest absolute Gasteiger partial charge is 0.368 e. The van der Waals surface area contributed by atoms with Gasteiger partial charge in [0, 0.05) is 18.7 Å². The third-order valence-electron chi connectivity index (χ3n) is 5.56. The molecule has 7 nitrogen and oxygen atoms in total. The molecule has 7 heteroatoms. The summed E-state index contributed by atoms with van der Waals surface area (Å²) in [5, 5.41) is 8.86. The van der Waals surface area contributed by atoms with E-state index in [4.69, 9.17) is 5.73 Å². The average molecular weight is 406 g/mol. The Labute approximate surface area is 176 Å². The van der Waals surface area contributed by atoms with E-state index in [2.05, 4.69) is 21.4 Å². The Morgan fingerprint density at radius 1 is 1.03 bits per heavy atom. The second-order valence-corrected chi connectivity index (χ2v) is 7.84.